The normalized spacial score (nSPS) is 21.3. The highest BCUT2D eigenvalue weighted by Gasteiger charge is 2.35. The fourth-order valence-electron chi connectivity index (χ4n) is 1.99. The van der Waals surface area contributed by atoms with Crippen LogP contribution in [0.1, 0.15) is 12.8 Å². The van der Waals surface area contributed by atoms with E-state index in [9.17, 15) is 18.4 Å². The highest BCUT2D eigenvalue weighted by molar-refractivity contribution is 5.96. The van der Waals surface area contributed by atoms with E-state index >= 15 is 0 Å². The molecule has 2 N–H and O–H groups in total. The molecule has 21 heavy (non-hydrogen) atoms. The third-order valence-corrected chi connectivity index (χ3v) is 2.95. The zero-order chi connectivity index (χ0) is 15.4. The zero-order valence-electron chi connectivity index (χ0n) is 10.8. The summed E-state index contributed by atoms with van der Waals surface area (Å²) in [5.41, 5.74) is 0.0742. The number of carboxylic acid groups (broad SMARTS) is 1. The molecule has 1 amide bonds. The Bertz CT molecular complexity index is 537. The van der Waals surface area contributed by atoms with Gasteiger partial charge < -0.3 is 19.9 Å². The molecule has 1 heterocycles. The summed E-state index contributed by atoms with van der Waals surface area (Å²) in [5, 5.41) is 11.2. The summed E-state index contributed by atoms with van der Waals surface area (Å²) in [6.07, 6.45) is -1.47. The number of hydrogen-bond acceptors (Lipinski definition) is 4. The van der Waals surface area contributed by atoms with Gasteiger partial charge in [-0.2, -0.15) is 8.78 Å². The van der Waals surface area contributed by atoms with Crippen LogP contribution in [0.3, 0.4) is 0 Å². The van der Waals surface area contributed by atoms with Crippen molar-refractivity contribution in [2.24, 2.45) is 0 Å². The number of halogens is 2. The minimum Gasteiger partial charge on any atom is -0.479 e. The summed E-state index contributed by atoms with van der Waals surface area (Å²) < 4.78 is 33.9. The van der Waals surface area contributed by atoms with Crippen LogP contribution in [0, 0.1) is 0 Å². The summed E-state index contributed by atoms with van der Waals surface area (Å²) in [5.74, 6) is -1.90. The second-order valence-electron chi connectivity index (χ2n) is 4.39. The first-order chi connectivity index (χ1) is 9.97. The highest BCUT2D eigenvalue weighted by Crippen LogP contribution is 2.27. The molecule has 0 aromatic heterocycles. The average molecular weight is 301 g/mol. The van der Waals surface area contributed by atoms with Gasteiger partial charge in [0.25, 0.3) is 5.91 Å². The number of hydrogen-bond donors (Lipinski definition) is 2. The van der Waals surface area contributed by atoms with Crippen molar-refractivity contribution >= 4 is 17.6 Å². The van der Waals surface area contributed by atoms with Crippen molar-refractivity contribution in [3.05, 3.63) is 24.3 Å². The molecule has 2 unspecified atom stereocenters. The van der Waals surface area contributed by atoms with E-state index in [1.54, 1.807) is 6.07 Å². The van der Waals surface area contributed by atoms with E-state index in [2.05, 4.69) is 10.1 Å². The second-order valence-corrected chi connectivity index (χ2v) is 4.39. The van der Waals surface area contributed by atoms with Crippen LogP contribution < -0.4 is 10.1 Å². The molecule has 0 saturated carbocycles. The van der Waals surface area contributed by atoms with Gasteiger partial charge in [0.05, 0.1) is 5.69 Å². The van der Waals surface area contributed by atoms with Crippen LogP contribution in [0.15, 0.2) is 24.3 Å². The molecule has 0 bridgehead atoms. The van der Waals surface area contributed by atoms with Crippen molar-refractivity contribution in [3.63, 3.8) is 0 Å². The smallest absolute Gasteiger partial charge is 0.387 e. The Morgan fingerprint density at radius 1 is 1.29 bits per heavy atom. The molecule has 1 aliphatic heterocycles. The third-order valence-electron chi connectivity index (χ3n) is 2.95. The van der Waals surface area contributed by atoms with Crippen molar-refractivity contribution in [1.82, 2.24) is 0 Å². The van der Waals surface area contributed by atoms with E-state index < -0.39 is 30.7 Å². The molecule has 114 valence electrons. The highest BCUT2D eigenvalue weighted by atomic mass is 19.3. The number of amides is 1. The zero-order valence-corrected chi connectivity index (χ0v) is 10.8. The Morgan fingerprint density at radius 2 is 1.95 bits per heavy atom. The number of nitrogens with one attached hydrogen (secondary N) is 1. The first-order valence-electron chi connectivity index (χ1n) is 6.20. The average Bonchev–Trinajstić information content (AvgIpc) is 2.90. The van der Waals surface area contributed by atoms with E-state index in [0.29, 0.717) is 0 Å². The lowest BCUT2D eigenvalue weighted by Crippen LogP contribution is -2.30. The van der Waals surface area contributed by atoms with Gasteiger partial charge in [0.1, 0.15) is 11.9 Å². The van der Waals surface area contributed by atoms with Crippen molar-refractivity contribution in [1.29, 1.82) is 0 Å². The van der Waals surface area contributed by atoms with Gasteiger partial charge in [-0.3, -0.25) is 4.79 Å². The molecular formula is C13H13F2NO5. The van der Waals surface area contributed by atoms with Gasteiger partial charge in [-0.15, -0.1) is 0 Å². The maximum Gasteiger partial charge on any atom is 0.387 e. The van der Waals surface area contributed by atoms with Gasteiger partial charge in [-0.05, 0) is 25.0 Å². The molecule has 1 fully saturated rings. The van der Waals surface area contributed by atoms with E-state index in [1.807, 2.05) is 0 Å². The maximum atomic E-state index is 12.3. The Kier molecular flexibility index (Phi) is 4.69. The topological polar surface area (TPSA) is 84.9 Å². The van der Waals surface area contributed by atoms with Crippen molar-refractivity contribution in [2.75, 3.05) is 5.32 Å². The fraction of sp³-hybridized carbons (Fsp3) is 0.385. The lowest BCUT2D eigenvalue weighted by Gasteiger charge is -2.14. The number of aliphatic carboxylic acids is 1. The number of rotatable bonds is 5. The Balaban J connectivity index is 2.02. The van der Waals surface area contributed by atoms with Crippen molar-refractivity contribution < 1.29 is 33.0 Å². The van der Waals surface area contributed by atoms with Gasteiger partial charge in [0.15, 0.2) is 6.10 Å². The fourth-order valence-corrected chi connectivity index (χ4v) is 1.99. The van der Waals surface area contributed by atoms with E-state index in [-0.39, 0.29) is 24.3 Å². The second kappa shape index (κ2) is 6.49. The predicted octanol–water partition coefficient (Wildman–Crippen LogP) is 1.86. The molecule has 8 heteroatoms. The lowest BCUT2D eigenvalue weighted by atomic mass is 10.2. The molecule has 6 nitrogen and oxygen atoms in total. The molecule has 2 atom stereocenters. The standard InChI is InChI=1S/C13H13F2NO5/c14-13(15)21-8-4-2-1-3-7(8)16-11(17)9-5-6-10(20-9)12(18)19/h1-4,9-10,13H,5-6H2,(H,16,17)(H,18,19). The monoisotopic (exact) mass is 301 g/mol. The maximum absolute atomic E-state index is 12.3. The SMILES string of the molecule is O=C(O)C1CCC(C(=O)Nc2ccccc2OC(F)F)O1. The number of anilines is 1. The largest absolute Gasteiger partial charge is 0.479 e. The molecular weight excluding hydrogens is 288 g/mol. The van der Waals surface area contributed by atoms with Gasteiger partial charge in [0, 0.05) is 0 Å². The van der Waals surface area contributed by atoms with Crippen LogP contribution in [0.2, 0.25) is 0 Å². The molecule has 0 radical (unpaired) electrons. The molecule has 1 aliphatic rings. The van der Waals surface area contributed by atoms with Crippen LogP contribution in [0.4, 0.5) is 14.5 Å². The summed E-state index contributed by atoms with van der Waals surface area (Å²) in [6.45, 7) is -3.01. The van der Waals surface area contributed by atoms with Crippen LogP contribution in [0.25, 0.3) is 0 Å². The van der Waals surface area contributed by atoms with E-state index in [1.165, 1.54) is 18.2 Å². The summed E-state index contributed by atoms with van der Waals surface area (Å²) in [4.78, 5) is 22.7. The first-order valence-corrected chi connectivity index (χ1v) is 6.20. The Labute approximate surface area is 118 Å². The molecule has 0 aliphatic carbocycles. The molecule has 1 saturated heterocycles. The molecule has 0 spiro atoms. The van der Waals surface area contributed by atoms with E-state index in [4.69, 9.17) is 9.84 Å². The van der Waals surface area contributed by atoms with Crippen molar-refractivity contribution in [3.8, 4) is 5.75 Å². The molecule has 2 rings (SSSR count). The minimum atomic E-state index is -3.01. The number of ether oxygens (including phenoxy) is 2. The lowest BCUT2D eigenvalue weighted by molar-refractivity contribution is -0.150. The minimum absolute atomic E-state index is 0.0742. The number of carbonyl (C=O) groups excluding carboxylic acids is 1. The number of benzene rings is 1. The Hall–Kier alpha value is -2.22. The number of carboxylic acids is 1. The number of alkyl halides is 2. The van der Waals surface area contributed by atoms with Crippen LogP contribution in [-0.4, -0.2) is 35.8 Å². The third kappa shape index (κ3) is 3.88. The first kappa shape index (κ1) is 15.2. The van der Waals surface area contributed by atoms with E-state index in [0.717, 1.165) is 0 Å². The van der Waals surface area contributed by atoms with Crippen LogP contribution in [0.5, 0.6) is 5.75 Å². The van der Waals surface area contributed by atoms with Gasteiger partial charge in [-0.25, -0.2) is 4.79 Å². The van der Waals surface area contributed by atoms with Gasteiger partial charge in [-0.1, -0.05) is 12.1 Å². The summed E-state index contributed by atoms with van der Waals surface area (Å²) in [7, 11) is 0. The summed E-state index contributed by atoms with van der Waals surface area (Å²) in [6, 6.07) is 5.72. The number of para-hydroxylation sites is 2. The van der Waals surface area contributed by atoms with Crippen LogP contribution in [-0.2, 0) is 14.3 Å². The predicted molar refractivity (Wildman–Crippen MR) is 67.2 cm³/mol. The molecule has 1 aromatic rings. The van der Waals surface area contributed by atoms with Gasteiger partial charge in [0.2, 0.25) is 0 Å². The Morgan fingerprint density at radius 3 is 2.57 bits per heavy atom. The quantitative estimate of drug-likeness (QED) is 0.867. The van der Waals surface area contributed by atoms with Crippen molar-refractivity contribution in [2.45, 2.75) is 31.7 Å². The van der Waals surface area contributed by atoms with Crippen LogP contribution >= 0.6 is 0 Å². The van der Waals surface area contributed by atoms with Gasteiger partial charge >= 0.3 is 12.6 Å². The summed E-state index contributed by atoms with van der Waals surface area (Å²) >= 11 is 0. The molecule has 1 aromatic carbocycles. The number of carbonyl (C=O) groups is 2.